The number of hydrogen-bond donors (Lipinski definition) is 2. The maximum absolute atomic E-state index is 10.6. The first-order valence-electron chi connectivity index (χ1n) is 13.4. The third-order valence-electron chi connectivity index (χ3n) is 7.04. The van der Waals surface area contributed by atoms with E-state index in [2.05, 4.69) is 46.4 Å². The third kappa shape index (κ3) is 5.21. The summed E-state index contributed by atoms with van der Waals surface area (Å²) in [6, 6.07) is 39.7. The number of thiophene rings is 2. The summed E-state index contributed by atoms with van der Waals surface area (Å²) >= 11 is 3.45. The number of phenols is 2. The first-order valence-corrected chi connectivity index (χ1v) is 15.1. The Hall–Kier alpha value is -5.04. The lowest BCUT2D eigenvalue weighted by molar-refractivity contribution is 0.474. The second kappa shape index (κ2) is 11.1. The van der Waals surface area contributed by atoms with Crippen LogP contribution in [-0.4, -0.2) is 22.6 Å². The van der Waals surface area contributed by atoms with Crippen LogP contribution in [-0.2, 0) is 0 Å². The molecule has 2 aromatic heterocycles. The lowest BCUT2D eigenvalue weighted by Crippen LogP contribution is -1.85. The zero-order valence-electron chi connectivity index (χ0n) is 22.3. The van der Waals surface area contributed by atoms with Crippen LogP contribution in [0, 0.1) is 0 Å². The van der Waals surface area contributed by atoms with E-state index in [9.17, 15) is 10.2 Å². The van der Waals surface area contributed by atoms with Gasteiger partial charge in [-0.25, -0.2) is 0 Å². The van der Waals surface area contributed by atoms with Crippen LogP contribution in [0.4, 0.5) is 11.4 Å². The van der Waals surface area contributed by atoms with Crippen molar-refractivity contribution in [1.29, 1.82) is 0 Å². The van der Waals surface area contributed by atoms with Crippen LogP contribution >= 0.6 is 22.7 Å². The van der Waals surface area contributed by atoms with Gasteiger partial charge in [-0.05, 0) is 94.7 Å². The molecular formula is C36H24N2O2S2. The van der Waals surface area contributed by atoms with Crippen molar-refractivity contribution in [2.45, 2.75) is 0 Å². The van der Waals surface area contributed by atoms with Crippen molar-refractivity contribution in [3.63, 3.8) is 0 Å². The van der Waals surface area contributed by atoms with Gasteiger partial charge in [0.1, 0.15) is 11.5 Å². The Labute approximate surface area is 250 Å². The van der Waals surface area contributed by atoms with Crippen molar-refractivity contribution in [1.82, 2.24) is 0 Å². The summed E-state index contributed by atoms with van der Waals surface area (Å²) in [7, 11) is 0. The van der Waals surface area contributed by atoms with Crippen LogP contribution in [0.3, 0.4) is 0 Å². The van der Waals surface area contributed by atoms with E-state index in [0.29, 0.717) is 22.5 Å². The Morgan fingerprint density at radius 1 is 0.476 bits per heavy atom. The van der Waals surface area contributed by atoms with Gasteiger partial charge in [0.15, 0.2) is 0 Å². The normalized spacial score (nSPS) is 11.8. The highest BCUT2D eigenvalue weighted by Crippen LogP contribution is 2.37. The molecule has 7 rings (SSSR count). The molecule has 0 atom stereocenters. The highest BCUT2D eigenvalue weighted by atomic mass is 32.1. The molecule has 7 aromatic rings. The molecule has 42 heavy (non-hydrogen) atoms. The van der Waals surface area contributed by atoms with Crippen LogP contribution in [0.2, 0.25) is 0 Å². The number of aliphatic imine (C=N–C) groups is 2. The van der Waals surface area contributed by atoms with E-state index < -0.39 is 0 Å². The van der Waals surface area contributed by atoms with Crippen molar-refractivity contribution in [3.8, 4) is 32.4 Å². The van der Waals surface area contributed by atoms with Crippen molar-refractivity contribution < 1.29 is 10.2 Å². The Kier molecular flexibility index (Phi) is 6.84. The molecule has 0 aliphatic rings. The number of benzene rings is 5. The molecule has 0 amide bonds. The maximum atomic E-state index is 10.6. The van der Waals surface area contributed by atoms with E-state index >= 15 is 0 Å². The number of phenolic OH excluding ortho intramolecular Hbond substituents is 2. The van der Waals surface area contributed by atoms with Crippen LogP contribution in [0.15, 0.2) is 131 Å². The average Bonchev–Trinajstić information content (AvgIpc) is 3.65. The zero-order valence-corrected chi connectivity index (χ0v) is 23.9. The van der Waals surface area contributed by atoms with Crippen LogP contribution < -0.4 is 0 Å². The SMILES string of the molecule is Oc1ccc(-c2cc3ccccc3s2)cc1C=Nc1ccccc1N=Cc1cc(-c2cc3ccccc3s2)ccc1O. The molecule has 0 saturated carbocycles. The molecule has 2 N–H and O–H groups in total. The van der Waals surface area contributed by atoms with Crippen LogP contribution in [0.1, 0.15) is 11.1 Å². The van der Waals surface area contributed by atoms with Crippen LogP contribution in [0.25, 0.3) is 41.1 Å². The maximum Gasteiger partial charge on any atom is 0.124 e. The highest BCUT2D eigenvalue weighted by Gasteiger charge is 2.09. The predicted molar refractivity (Wildman–Crippen MR) is 179 cm³/mol. The third-order valence-corrected chi connectivity index (χ3v) is 9.37. The highest BCUT2D eigenvalue weighted by molar-refractivity contribution is 7.22. The average molecular weight is 581 g/mol. The summed E-state index contributed by atoms with van der Waals surface area (Å²) in [4.78, 5) is 11.6. The molecule has 6 heteroatoms. The summed E-state index contributed by atoms with van der Waals surface area (Å²) in [5, 5.41) is 23.6. The monoisotopic (exact) mass is 580 g/mol. The van der Waals surface area contributed by atoms with Gasteiger partial charge in [-0.3, -0.25) is 9.98 Å². The topological polar surface area (TPSA) is 65.2 Å². The lowest BCUT2D eigenvalue weighted by Gasteiger charge is -2.05. The van der Waals surface area contributed by atoms with Gasteiger partial charge in [0.05, 0.1) is 11.4 Å². The van der Waals surface area contributed by atoms with E-state index in [1.165, 1.54) is 20.2 Å². The van der Waals surface area contributed by atoms with E-state index in [1.807, 2.05) is 72.8 Å². The zero-order chi connectivity index (χ0) is 28.5. The summed E-state index contributed by atoms with van der Waals surface area (Å²) in [5.41, 5.74) is 4.60. The molecule has 0 unspecified atom stereocenters. The Morgan fingerprint density at radius 3 is 1.36 bits per heavy atom. The molecule has 5 aromatic carbocycles. The minimum Gasteiger partial charge on any atom is -0.507 e. The van der Waals surface area contributed by atoms with Crippen molar-refractivity contribution >= 4 is 66.6 Å². The van der Waals surface area contributed by atoms with Gasteiger partial charge < -0.3 is 10.2 Å². The van der Waals surface area contributed by atoms with Crippen LogP contribution in [0.5, 0.6) is 11.5 Å². The second-order valence-electron chi connectivity index (χ2n) is 9.85. The molecule has 0 radical (unpaired) electrons. The number of rotatable bonds is 6. The Balaban J connectivity index is 1.17. The largest absolute Gasteiger partial charge is 0.507 e. The molecule has 0 aliphatic heterocycles. The van der Waals surface area contributed by atoms with E-state index in [-0.39, 0.29) is 11.5 Å². The van der Waals surface area contributed by atoms with Crippen molar-refractivity contribution in [2.24, 2.45) is 9.98 Å². The lowest BCUT2D eigenvalue weighted by atomic mass is 10.1. The molecule has 0 saturated heterocycles. The van der Waals surface area contributed by atoms with E-state index in [0.717, 1.165) is 20.9 Å². The standard InChI is InChI=1S/C36H24N2O2S2/c39-31-15-13-25(35-19-23-7-1-5-11-33(23)41-35)17-27(31)21-37-29-9-3-4-10-30(29)38-22-28-18-26(14-16-32(28)40)36-20-24-8-2-6-12-34(24)42-36/h1-22,39-40H. The number of aromatic hydroxyl groups is 2. The number of fused-ring (bicyclic) bond motifs is 2. The summed E-state index contributed by atoms with van der Waals surface area (Å²) in [6.45, 7) is 0. The molecule has 0 bridgehead atoms. The van der Waals surface area contributed by atoms with Crippen molar-refractivity contribution in [2.75, 3.05) is 0 Å². The fourth-order valence-corrected chi connectivity index (χ4v) is 6.95. The first-order chi connectivity index (χ1) is 20.6. The minimum absolute atomic E-state index is 0.160. The van der Waals surface area contributed by atoms with Gasteiger partial charge in [0.25, 0.3) is 0 Å². The van der Waals surface area contributed by atoms with Gasteiger partial charge in [-0.2, -0.15) is 0 Å². The predicted octanol–water partition coefficient (Wildman–Crippen LogP) is 10.4. The van der Waals surface area contributed by atoms with Crippen molar-refractivity contribution in [3.05, 3.63) is 132 Å². The molecule has 0 fully saturated rings. The smallest absolute Gasteiger partial charge is 0.124 e. The van der Waals surface area contributed by atoms with E-state index in [4.69, 9.17) is 0 Å². The molecule has 202 valence electrons. The van der Waals surface area contributed by atoms with Gasteiger partial charge in [-0.1, -0.05) is 48.5 Å². The first kappa shape index (κ1) is 25.9. The Bertz CT molecular complexity index is 1920. The molecule has 4 nitrogen and oxygen atoms in total. The molecule has 0 spiro atoms. The van der Waals surface area contributed by atoms with Gasteiger partial charge in [-0.15, -0.1) is 22.7 Å². The molecular weight excluding hydrogens is 557 g/mol. The molecule has 0 aliphatic carbocycles. The van der Waals surface area contributed by atoms with Gasteiger partial charge in [0.2, 0.25) is 0 Å². The fraction of sp³-hybridized carbons (Fsp3) is 0. The summed E-state index contributed by atoms with van der Waals surface area (Å²) in [6.07, 6.45) is 3.33. The molecule has 2 heterocycles. The Morgan fingerprint density at radius 2 is 0.905 bits per heavy atom. The summed E-state index contributed by atoms with van der Waals surface area (Å²) < 4.78 is 2.45. The quantitative estimate of drug-likeness (QED) is 0.192. The number of hydrogen-bond acceptors (Lipinski definition) is 6. The summed E-state index contributed by atoms with van der Waals surface area (Å²) in [5.74, 6) is 0.320. The second-order valence-corrected chi connectivity index (χ2v) is 12.0. The van der Waals surface area contributed by atoms with E-state index in [1.54, 1.807) is 47.2 Å². The number of para-hydroxylation sites is 2. The minimum atomic E-state index is 0.160. The number of nitrogens with zero attached hydrogens (tertiary/aromatic N) is 2. The van der Waals surface area contributed by atoms with Gasteiger partial charge >= 0.3 is 0 Å². The fourth-order valence-electron chi connectivity index (χ4n) is 4.83. The van der Waals surface area contributed by atoms with Gasteiger partial charge in [0, 0.05) is 42.7 Å².